The lowest BCUT2D eigenvalue weighted by Crippen LogP contribution is -1.82. The summed E-state index contributed by atoms with van der Waals surface area (Å²) in [6.07, 6.45) is 0. The molecule has 0 fully saturated rings. The van der Waals surface area contributed by atoms with Crippen molar-refractivity contribution < 1.29 is 0 Å². The van der Waals surface area contributed by atoms with Crippen molar-refractivity contribution in [3.05, 3.63) is 37.6 Å². The molecular formula is C7HCl5. The summed E-state index contributed by atoms with van der Waals surface area (Å²) in [6.45, 7) is 0. The van der Waals surface area contributed by atoms with Gasteiger partial charge in [0.05, 0.1) is 20.1 Å². The second-order valence-electron chi connectivity index (χ2n) is 1.94. The fourth-order valence-electron chi connectivity index (χ4n) is 0.642. The Morgan fingerprint density at radius 2 is 1.50 bits per heavy atom. The summed E-state index contributed by atoms with van der Waals surface area (Å²) < 4.78 is 0. The summed E-state index contributed by atoms with van der Waals surface area (Å²) in [5.74, 6) is 2.32. The van der Waals surface area contributed by atoms with Crippen LogP contribution in [-0.4, -0.2) is 0 Å². The number of halogens is 5. The fraction of sp³-hybridized carbons (Fsp3) is 0. The van der Waals surface area contributed by atoms with Crippen molar-refractivity contribution in [2.45, 2.75) is 0 Å². The zero-order valence-corrected chi connectivity index (χ0v) is 9.25. The molecule has 0 N–H and O–H groups in total. The average Bonchev–Trinajstić information content (AvgIpc) is 2.08. The van der Waals surface area contributed by atoms with Crippen molar-refractivity contribution in [1.82, 2.24) is 0 Å². The first-order valence-corrected chi connectivity index (χ1v) is 4.66. The number of rotatable bonds is 1. The van der Waals surface area contributed by atoms with E-state index in [0.29, 0.717) is 10.6 Å². The molecule has 0 nitrogen and oxygen atoms in total. The summed E-state index contributed by atoms with van der Waals surface area (Å²) in [7, 11) is 0. The Hall–Kier alpha value is 0.670. The van der Waals surface area contributed by atoms with Crippen LogP contribution in [0.25, 0.3) is 0 Å². The molecule has 0 amide bonds. The zero-order chi connectivity index (χ0) is 9.30. The highest BCUT2D eigenvalue weighted by molar-refractivity contribution is 6.52. The molecule has 0 aliphatic heterocycles. The lowest BCUT2D eigenvalue weighted by molar-refractivity contribution is 1.58. The van der Waals surface area contributed by atoms with E-state index in [1.165, 1.54) is 6.07 Å². The molecule has 0 unspecified atom stereocenters. The smallest absolute Gasteiger partial charge is 0.109 e. The molecule has 0 aliphatic carbocycles. The predicted molar refractivity (Wildman–Crippen MR) is 54.7 cm³/mol. The Kier molecular flexibility index (Phi) is 3.81. The van der Waals surface area contributed by atoms with Gasteiger partial charge in [0.15, 0.2) is 0 Å². The van der Waals surface area contributed by atoms with Gasteiger partial charge < -0.3 is 0 Å². The van der Waals surface area contributed by atoms with Gasteiger partial charge in [-0.1, -0.05) is 46.4 Å². The normalized spacial score (nSPS) is 10.4. The van der Waals surface area contributed by atoms with Crippen molar-refractivity contribution >= 4 is 58.0 Å². The van der Waals surface area contributed by atoms with Gasteiger partial charge in [0.1, 0.15) is 5.88 Å². The van der Waals surface area contributed by atoms with Crippen molar-refractivity contribution in [1.29, 1.82) is 0 Å². The van der Waals surface area contributed by atoms with Gasteiger partial charge in [0, 0.05) is 0 Å². The van der Waals surface area contributed by atoms with E-state index in [2.05, 4.69) is 5.88 Å². The maximum Gasteiger partial charge on any atom is 0.122 e. The second kappa shape index (κ2) is 4.26. The Morgan fingerprint density at radius 1 is 0.917 bits per heavy atom. The van der Waals surface area contributed by atoms with Crippen LogP contribution in [-0.2, 0) is 0 Å². The molecule has 1 rings (SSSR count). The van der Waals surface area contributed by atoms with Gasteiger partial charge in [-0.2, -0.15) is 0 Å². The van der Waals surface area contributed by atoms with Crippen LogP contribution < -0.4 is 0 Å². The topological polar surface area (TPSA) is 0 Å². The maximum absolute atomic E-state index is 5.75. The Balaban J connectivity index is 3.39. The van der Waals surface area contributed by atoms with Crippen molar-refractivity contribution in [2.75, 3.05) is 0 Å². The maximum atomic E-state index is 5.75. The summed E-state index contributed by atoms with van der Waals surface area (Å²) in [4.78, 5) is 0. The van der Waals surface area contributed by atoms with E-state index in [-0.39, 0.29) is 15.1 Å². The highest BCUT2D eigenvalue weighted by atomic mass is 35.5. The van der Waals surface area contributed by atoms with Gasteiger partial charge in [0.2, 0.25) is 0 Å². The molecule has 0 aromatic heterocycles. The third-order valence-electron chi connectivity index (χ3n) is 1.20. The molecule has 0 saturated heterocycles. The van der Waals surface area contributed by atoms with Crippen LogP contribution in [0.4, 0.5) is 0 Å². The molecule has 0 aliphatic rings. The van der Waals surface area contributed by atoms with Gasteiger partial charge in [0.25, 0.3) is 0 Å². The van der Waals surface area contributed by atoms with Gasteiger partial charge in [-0.25, -0.2) is 0 Å². The first-order valence-electron chi connectivity index (χ1n) is 2.77. The van der Waals surface area contributed by atoms with Crippen molar-refractivity contribution in [2.24, 2.45) is 0 Å². The van der Waals surface area contributed by atoms with E-state index >= 15 is 0 Å². The van der Waals surface area contributed by atoms with Crippen LogP contribution in [0.15, 0.2) is 6.07 Å². The van der Waals surface area contributed by atoms with Crippen LogP contribution in [0, 0.1) is 5.88 Å². The third-order valence-corrected chi connectivity index (χ3v) is 3.16. The SMILES string of the molecule is Cl[C]c1cc(Cl)c(Cl)c(Cl)c1Cl. The standard InChI is InChI=1S/C7HCl5/c8-2-3-1-4(9)6(11)7(12)5(3)10/h1H. The summed E-state index contributed by atoms with van der Waals surface area (Å²) in [5, 5.41) is 0.961. The first kappa shape index (κ1) is 10.7. The molecule has 5 heteroatoms. The third kappa shape index (κ3) is 1.94. The van der Waals surface area contributed by atoms with Gasteiger partial charge >= 0.3 is 0 Å². The molecule has 0 atom stereocenters. The molecule has 64 valence electrons. The van der Waals surface area contributed by atoms with E-state index in [0.717, 1.165) is 0 Å². The highest BCUT2D eigenvalue weighted by Gasteiger charge is 2.12. The van der Waals surface area contributed by atoms with Crippen LogP contribution >= 0.6 is 58.0 Å². The Morgan fingerprint density at radius 3 is 2.00 bits per heavy atom. The lowest BCUT2D eigenvalue weighted by Gasteiger charge is -2.04. The van der Waals surface area contributed by atoms with Crippen molar-refractivity contribution in [3.8, 4) is 0 Å². The van der Waals surface area contributed by atoms with E-state index in [4.69, 9.17) is 58.0 Å². The van der Waals surface area contributed by atoms with Crippen LogP contribution in [0.2, 0.25) is 20.1 Å². The number of benzene rings is 1. The van der Waals surface area contributed by atoms with Crippen LogP contribution in [0.3, 0.4) is 0 Å². The number of hydrogen-bond acceptors (Lipinski definition) is 0. The summed E-state index contributed by atoms with van der Waals surface area (Å²) >= 11 is 28.2. The van der Waals surface area contributed by atoms with E-state index in [9.17, 15) is 0 Å². The number of hydrogen-bond donors (Lipinski definition) is 0. The van der Waals surface area contributed by atoms with Gasteiger partial charge in [-0.3, -0.25) is 0 Å². The average molecular weight is 262 g/mol. The predicted octanol–water partition coefficient (Wildman–Crippen LogP) is 4.93. The largest absolute Gasteiger partial charge is 0.122 e. The molecule has 1 aromatic rings. The molecule has 0 bridgehead atoms. The van der Waals surface area contributed by atoms with Gasteiger partial charge in [-0.05, 0) is 11.6 Å². The molecule has 0 saturated carbocycles. The van der Waals surface area contributed by atoms with E-state index in [1.807, 2.05) is 0 Å². The minimum Gasteiger partial charge on any atom is -0.109 e. The molecule has 2 radical (unpaired) electrons. The molecule has 0 spiro atoms. The summed E-state index contributed by atoms with van der Waals surface area (Å²) in [6, 6.07) is 1.49. The second-order valence-corrected chi connectivity index (χ2v) is 3.67. The first-order chi connectivity index (χ1) is 5.57. The van der Waals surface area contributed by atoms with E-state index in [1.54, 1.807) is 0 Å². The lowest BCUT2D eigenvalue weighted by atomic mass is 10.2. The Bertz CT molecular complexity index is 307. The minimum atomic E-state index is 0.189. The molecule has 1 aromatic carbocycles. The summed E-state index contributed by atoms with van der Waals surface area (Å²) in [5.41, 5.74) is 0.428. The zero-order valence-electron chi connectivity index (χ0n) is 5.47. The van der Waals surface area contributed by atoms with Crippen LogP contribution in [0.1, 0.15) is 5.56 Å². The molecule has 0 heterocycles. The fourth-order valence-corrected chi connectivity index (χ4v) is 1.69. The van der Waals surface area contributed by atoms with Crippen LogP contribution in [0.5, 0.6) is 0 Å². The minimum absolute atomic E-state index is 0.189. The van der Waals surface area contributed by atoms with Gasteiger partial charge in [-0.15, -0.1) is 11.6 Å². The quantitative estimate of drug-likeness (QED) is 0.497. The highest BCUT2D eigenvalue weighted by Crippen LogP contribution is 2.38. The van der Waals surface area contributed by atoms with Crippen molar-refractivity contribution in [3.63, 3.8) is 0 Å². The molecular weight excluding hydrogens is 261 g/mol. The monoisotopic (exact) mass is 260 g/mol. The van der Waals surface area contributed by atoms with E-state index < -0.39 is 0 Å². The molecule has 12 heavy (non-hydrogen) atoms. The Labute approximate surface area is 95.3 Å².